The number of guanidine groups is 1. The van der Waals surface area contributed by atoms with E-state index in [4.69, 9.17) is 4.74 Å². The molecular formula is C13H28IN3O. The zero-order valence-electron chi connectivity index (χ0n) is 11.7. The van der Waals surface area contributed by atoms with Crippen molar-refractivity contribution in [3.8, 4) is 0 Å². The van der Waals surface area contributed by atoms with E-state index in [9.17, 15) is 0 Å². The van der Waals surface area contributed by atoms with E-state index in [1.54, 1.807) is 0 Å². The van der Waals surface area contributed by atoms with E-state index < -0.39 is 0 Å². The monoisotopic (exact) mass is 369 g/mol. The highest BCUT2D eigenvalue weighted by Crippen LogP contribution is 2.33. The Hall–Kier alpha value is -0.0400. The van der Waals surface area contributed by atoms with Crippen molar-refractivity contribution in [1.82, 2.24) is 10.6 Å². The third kappa shape index (κ3) is 9.94. The van der Waals surface area contributed by atoms with Gasteiger partial charge in [-0.2, -0.15) is 0 Å². The minimum Gasteiger partial charge on any atom is -0.382 e. The molecule has 1 aliphatic carbocycles. The molecule has 0 aromatic rings. The van der Waals surface area contributed by atoms with Crippen molar-refractivity contribution in [3.05, 3.63) is 0 Å². The maximum Gasteiger partial charge on any atom is 0.190 e. The average molecular weight is 369 g/mol. The van der Waals surface area contributed by atoms with Crippen LogP contribution >= 0.6 is 24.0 Å². The Morgan fingerprint density at radius 3 is 2.44 bits per heavy atom. The smallest absolute Gasteiger partial charge is 0.190 e. The van der Waals surface area contributed by atoms with E-state index in [0.29, 0.717) is 0 Å². The van der Waals surface area contributed by atoms with Crippen LogP contribution in [-0.4, -0.2) is 39.3 Å². The molecule has 1 fully saturated rings. The van der Waals surface area contributed by atoms with Crippen molar-refractivity contribution in [1.29, 1.82) is 0 Å². The summed E-state index contributed by atoms with van der Waals surface area (Å²) in [7, 11) is 1.82. The van der Waals surface area contributed by atoms with Crippen LogP contribution in [0.4, 0.5) is 0 Å². The van der Waals surface area contributed by atoms with E-state index in [1.165, 1.54) is 25.7 Å². The van der Waals surface area contributed by atoms with Crippen LogP contribution in [-0.2, 0) is 4.74 Å². The summed E-state index contributed by atoms with van der Waals surface area (Å²) in [4.78, 5) is 4.19. The minimum absolute atomic E-state index is 0. The predicted molar refractivity (Wildman–Crippen MR) is 87.8 cm³/mol. The van der Waals surface area contributed by atoms with Crippen molar-refractivity contribution in [2.24, 2.45) is 10.9 Å². The van der Waals surface area contributed by atoms with Crippen molar-refractivity contribution in [2.45, 2.75) is 39.0 Å². The van der Waals surface area contributed by atoms with E-state index >= 15 is 0 Å². The second-order valence-corrected chi connectivity index (χ2v) is 4.56. The molecule has 1 saturated carbocycles. The van der Waals surface area contributed by atoms with E-state index in [1.807, 2.05) is 14.0 Å². The highest BCUT2D eigenvalue weighted by molar-refractivity contribution is 14.0. The molecule has 108 valence electrons. The molecule has 1 rings (SSSR count). The number of halogens is 1. The van der Waals surface area contributed by atoms with Crippen molar-refractivity contribution in [3.63, 3.8) is 0 Å². The van der Waals surface area contributed by atoms with Gasteiger partial charge in [0, 0.05) is 33.4 Å². The molecule has 1 aliphatic rings. The van der Waals surface area contributed by atoms with Gasteiger partial charge in [0.05, 0.1) is 0 Å². The first kappa shape index (κ1) is 18.0. The SMILES string of the molecule is CCOCCCNC(=NC)NCCCC1CC1.I. The van der Waals surface area contributed by atoms with Gasteiger partial charge in [0.25, 0.3) is 0 Å². The molecule has 0 atom stereocenters. The number of nitrogens with one attached hydrogen (secondary N) is 2. The first-order valence-electron chi connectivity index (χ1n) is 6.89. The number of nitrogens with zero attached hydrogens (tertiary/aromatic N) is 1. The quantitative estimate of drug-likeness (QED) is 0.284. The van der Waals surface area contributed by atoms with Crippen LogP contribution in [0.5, 0.6) is 0 Å². The Balaban J connectivity index is 0.00000289. The number of aliphatic imine (C=N–C) groups is 1. The van der Waals surface area contributed by atoms with Crippen LogP contribution in [0.1, 0.15) is 39.0 Å². The fraction of sp³-hybridized carbons (Fsp3) is 0.923. The zero-order chi connectivity index (χ0) is 12.3. The van der Waals surface area contributed by atoms with Gasteiger partial charge in [-0.1, -0.05) is 12.8 Å². The zero-order valence-corrected chi connectivity index (χ0v) is 14.0. The van der Waals surface area contributed by atoms with Crippen LogP contribution < -0.4 is 10.6 Å². The second kappa shape index (κ2) is 12.0. The molecule has 0 aromatic heterocycles. The normalized spacial score (nSPS) is 15.1. The minimum atomic E-state index is 0. The highest BCUT2D eigenvalue weighted by atomic mass is 127. The molecule has 0 bridgehead atoms. The molecule has 0 saturated heterocycles. The standard InChI is InChI=1S/C13H27N3O.HI/c1-3-17-11-5-10-16-13(14-2)15-9-4-6-12-7-8-12;/h12H,3-11H2,1-2H3,(H2,14,15,16);1H. The Morgan fingerprint density at radius 1 is 1.22 bits per heavy atom. The first-order chi connectivity index (χ1) is 8.36. The summed E-state index contributed by atoms with van der Waals surface area (Å²) >= 11 is 0. The molecule has 5 heteroatoms. The van der Waals surface area contributed by atoms with Crippen LogP contribution in [0.3, 0.4) is 0 Å². The largest absolute Gasteiger partial charge is 0.382 e. The van der Waals surface area contributed by atoms with Gasteiger partial charge in [0.2, 0.25) is 0 Å². The molecular weight excluding hydrogens is 341 g/mol. The molecule has 2 N–H and O–H groups in total. The van der Waals surface area contributed by atoms with Crippen LogP contribution in [0, 0.1) is 5.92 Å². The number of hydrogen-bond donors (Lipinski definition) is 2. The van der Waals surface area contributed by atoms with Gasteiger partial charge in [-0.15, -0.1) is 24.0 Å². The number of ether oxygens (including phenoxy) is 1. The molecule has 0 radical (unpaired) electrons. The summed E-state index contributed by atoms with van der Waals surface area (Å²) in [6.07, 6.45) is 6.55. The van der Waals surface area contributed by atoms with Crippen molar-refractivity contribution in [2.75, 3.05) is 33.4 Å². The maximum absolute atomic E-state index is 5.28. The third-order valence-corrected chi connectivity index (χ3v) is 2.96. The van der Waals surface area contributed by atoms with E-state index in [-0.39, 0.29) is 24.0 Å². The van der Waals surface area contributed by atoms with Crippen LogP contribution in [0.15, 0.2) is 4.99 Å². The number of hydrogen-bond acceptors (Lipinski definition) is 2. The lowest BCUT2D eigenvalue weighted by Crippen LogP contribution is -2.38. The maximum atomic E-state index is 5.28. The summed E-state index contributed by atoms with van der Waals surface area (Å²) in [5.74, 6) is 1.94. The number of rotatable bonds is 9. The Labute approximate surface area is 128 Å². The molecule has 0 spiro atoms. The van der Waals surface area contributed by atoms with Crippen molar-refractivity contribution >= 4 is 29.9 Å². The fourth-order valence-corrected chi connectivity index (χ4v) is 1.75. The summed E-state index contributed by atoms with van der Waals surface area (Å²) in [6.45, 7) is 5.59. The fourth-order valence-electron chi connectivity index (χ4n) is 1.75. The Morgan fingerprint density at radius 2 is 1.89 bits per heavy atom. The molecule has 0 unspecified atom stereocenters. The van der Waals surface area contributed by atoms with Gasteiger partial charge in [0.15, 0.2) is 5.96 Å². The summed E-state index contributed by atoms with van der Waals surface area (Å²) < 4.78 is 5.28. The molecule has 0 amide bonds. The van der Waals surface area contributed by atoms with E-state index in [2.05, 4.69) is 15.6 Å². The van der Waals surface area contributed by atoms with Gasteiger partial charge in [-0.3, -0.25) is 4.99 Å². The summed E-state index contributed by atoms with van der Waals surface area (Å²) in [6, 6.07) is 0. The second-order valence-electron chi connectivity index (χ2n) is 4.56. The molecule has 4 nitrogen and oxygen atoms in total. The van der Waals surface area contributed by atoms with Crippen LogP contribution in [0.25, 0.3) is 0 Å². The van der Waals surface area contributed by atoms with Gasteiger partial charge in [-0.05, 0) is 32.1 Å². The molecule has 18 heavy (non-hydrogen) atoms. The van der Waals surface area contributed by atoms with Gasteiger partial charge >= 0.3 is 0 Å². The lowest BCUT2D eigenvalue weighted by Gasteiger charge is -2.11. The molecule has 0 aliphatic heterocycles. The van der Waals surface area contributed by atoms with Crippen molar-refractivity contribution < 1.29 is 4.74 Å². The summed E-state index contributed by atoms with van der Waals surface area (Å²) in [5, 5.41) is 6.63. The average Bonchev–Trinajstić information content (AvgIpc) is 3.15. The topological polar surface area (TPSA) is 45.6 Å². The Kier molecular flexibility index (Phi) is 12.0. The lowest BCUT2D eigenvalue weighted by atomic mass is 10.2. The molecule has 0 aromatic carbocycles. The lowest BCUT2D eigenvalue weighted by molar-refractivity contribution is 0.145. The third-order valence-electron chi connectivity index (χ3n) is 2.96. The molecule has 0 heterocycles. The van der Waals surface area contributed by atoms with Gasteiger partial charge in [-0.25, -0.2) is 0 Å². The van der Waals surface area contributed by atoms with Gasteiger partial charge < -0.3 is 15.4 Å². The Bertz CT molecular complexity index is 220. The highest BCUT2D eigenvalue weighted by Gasteiger charge is 2.19. The van der Waals surface area contributed by atoms with Gasteiger partial charge in [0.1, 0.15) is 0 Å². The summed E-state index contributed by atoms with van der Waals surface area (Å²) in [5.41, 5.74) is 0. The first-order valence-corrected chi connectivity index (χ1v) is 6.89. The van der Waals surface area contributed by atoms with Crippen LogP contribution in [0.2, 0.25) is 0 Å². The van der Waals surface area contributed by atoms with E-state index in [0.717, 1.165) is 44.6 Å². The predicted octanol–water partition coefficient (Wildman–Crippen LogP) is 2.39.